The average molecular weight is 352 g/mol. The highest BCUT2D eigenvalue weighted by Gasteiger charge is 2.19. The maximum atomic E-state index is 12.2. The third-order valence-corrected chi connectivity index (χ3v) is 3.49. The number of nitrogens with one attached hydrogen (secondary N) is 3. The minimum atomic E-state index is -0.784. The molecule has 0 fully saturated rings. The molecule has 3 N–H and O–H groups in total. The first kappa shape index (κ1) is 18.5. The van der Waals surface area contributed by atoms with Gasteiger partial charge in [0.25, 0.3) is 11.8 Å². The van der Waals surface area contributed by atoms with Gasteiger partial charge in [0.1, 0.15) is 0 Å². The molecule has 0 spiro atoms. The van der Waals surface area contributed by atoms with Crippen LogP contribution in [0.1, 0.15) is 13.8 Å². The molecule has 0 bridgehead atoms. The Kier molecular flexibility index (Phi) is 6.58. The molecule has 25 heavy (non-hydrogen) atoms. The van der Waals surface area contributed by atoms with Gasteiger partial charge in [-0.2, -0.15) is 0 Å². The number of hydrogen-bond donors (Lipinski definition) is 3. The van der Waals surface area contributed by atoms with Crippen LogP contribution in [0.15, 0.2) is 18.2 Å². The zero-order valence-electron chi connectivity index (χ0n) is 14.2. The highest BCUT2D eigenvalue weighted by molar-refractivity contribution is 5.93. The Bertz CT molecular complexity index is 649. The lowest BCUT2D eigenvalue weighted by Gasteiger charge is -2.16. The number of ether oxygens (including phenoxy) is 3. The van der Waals surface area contributed by atoms with Crippen molar-refractivity contribution in [1.82, 2.24) is 5.32 Å². The van der Waals surface area contributed by atoms with Crippen molar-refractivity contribution in [1.29, 1.82) is 0 Å². The molecule has 1 heterocycles. The van der Waals surface area contributed by atoms with E-state index >= 15 is 0 Å². The number of carbonyl (C=O) groups is 3. The van der Waals surface area contributed by atoms with E-state index in [1.807, 2.05) is 6.92 Å². The Hall–Kier alpha value is -2.81. The molecule has 1 aromatic carbocycles. The minimum Gasteiger partial charge on any atom is -0.454 e. The van der Waals surface area contributed by atoms with Crippen LogP contribution in [0, 0.1) is 0 Å². The number of anilines is 1. The Balaban J connectivity index is 1.83. The largest absolute Gasteiger partial charge is 0.454 e. The molecule has 2 rings (SSSR count). The van der Waals surface area contributed by atoms with Crippen molar-refractivity contribution in [2.75, 3.05) is 38.4 Å². The van der Waals surface area contributed by atoms with Crippen LogP contribution in [0.3, 0.4) is 0 Å². The number of carbonyl (C=O) groups excluding carboxylic acids is 3. The normalized spacial score (nSPS) is 13.0. The number of likely N-dealkylation sites (N-methyl/N-ethyl adjacent to an activating group) is 1. The summed E-state index contributed by atoms with van der Waals surface area (Å²) in [5, 5.41) is 4.87. The van der Waals surface area contributed by atoms with E-state index in [1.54, 1.807) is 25.1 Å². The zero-order valence-corrected chi connectivity index (χ0v) is 14.2. The molecule has 0 radical (unpaired) electrons. The summed E-state index contributed by atoms with van der Waals surface area (Å²) in [4.78, 5) is 35.9. The lowest BCUT2D eigenvalue weighted by Crippen LogP contribution is -3.14. The van der Waals surface area contributed by atoms with E-state index in [9.17, 15) is 14.4 Å². The summed E-state index contributed by atoms with van der Waals surface area (Å²) in [5.41, 5.74) is 0.584. The van der Waals surface area contributed by atoms with Gasteiger partial charge in [-0.3, -0.25) is 14.9 Å². The van der Waals surface area contributed by atoms with Gasteiger partial charge < -0.3 is 24.4 Å². The number of amides is 3. The van der Waals surface area contributed by atoms with E-state index in [-0.39, 0.29) is 32.4 Å². The Morgan fingerprint density at radius 1 is 1.12 bits per heavy atom. The second-order valence-corrected chi connectivity index (χ2v) is 5.34. The van der Waals surface area contributed by atoms with Crippen molar-refractivity contribution in [2.24, 2.45) is 0 Å². The summed E-state index contributed by atoms with van der Waals surface area (Å²) in [6.07, 6.45) is -0.784. The second kappa shape index (κ2) is 8.88. The molecule has 0 saturated carbocycles. The summed E-state index contributed by atoms with van der Waals surface area (Å²) in [6, 6.07) is 5.11. The quantitative estimate of drug-likeness (QED) is 0.613. The zero-order chi connectivity index (χ0) is 18.2. The fraction of sp³-hybridized carbons (Fsp3) is 0.438. The summed E-state index contributed by atoms with van der Waals surface area (Å²) in [6.45, 7) is 4.46. The van der Waals surface area contributed by atoms with Gasteiger partial charge in [-0.05, 0) is 26.0 Å². The molecule has 0 aliphatic carbocycles. The molecule has 0 saturated heterocycles. The molecule has 1 aliphatic rings. The van der Waals surface area contributed by atoms with Crippen LogP contribution in [-0.4, -0.2) is 50.9 Å². The lowest BCUT2D eigenvalue weighted by molar-refractivity contribution is -0.881. The Morgan fingerprint density at radius 2 is 1.84 bits per heavy atom. The third-order valence-electron chi connectivity index (χ3n) is 3.49. The van der Waals surface area contributed by atoms with E-state index < -0.39 is 12.0 Å². The first-order chi connectivity index (χ1) is 12.0. The van der Waals surface area contributed by atoms with E-state index in [0.717, 1.165) is 0 Å². The predicted molar refractivity (Wildman–Crippen MR) is 87.6 cm³/mol. The summed E-state index contributed by atoms with van der Waals surface area (Å²) >= 11 is 0. The van der Waals surface area contributed by atoms with Gasteiger partial charge in [0.05, 0.1) is 13.2 Å². The van der Waals surface area contributed by atoms with Gasteiger partial charge in [-0.15, -0.1) is 0 Å². The number of quaternary nitrogens is 1. The number of rotatable bonds is 7. The van der Waals surface area contributed by atoms with Gasteiger partial charge in [0.15, 0.2) is 24.6 Å². The van der Waals surface area contributed by atoms with Crippen LogP contribution in [0.2, 0.25) is 0 Å². The monoisotopic (exact) mass is 352 g/mol. The minimum absolute atomic E-state index is 0.0100. The Morgan fingerprint density at radius 3 is 2.56 bits per heavy atom. The number of imide groups is 1. The van der Waals surface area contributed by atoms with Crippen molar-refractivity contribution in [3.05, 3.63) is 18.2 Å². The summed E-state index contributed by atoms with van der Waals surface area (Å²) in [5.74, 6) is 0.464. The van der Waals surface area contributed by atoms with Crippen molar-refractivity contribution in [2.45, 2.75) is 13.8 Å². The number of fused-ring (bicyclic) bond motifs is 1. The number of alkyl carbamates (subject to hydrolysis) is 1. The summed E-state index contributed by atoms with van der Waals surface area (Å²) in [7, 11) is 0. The van der Waals surface area contributed by atoms with Gasteiger partial charge in [-0.1, -0.05) is 0 Å². The van der Waals surface area contributed by atoms with Crippen LogP contribution in [-0.2, 0) is 14.3 Å². The fourth-order valence-corrected chi connectivity index (χ4v) is 2.27. The molecule has 9 nitrogen and oxygen atoms in total. The third kappa shape index (κ3) is 5.64. The molecule has 1 atom stereocenters. The maximum Gasteiger partial charge on any atom is 0.414 e. The molecular formula is C16H22N3O6+. The standard InChI is InChI=1S/C16H21N3O6/c1-3-19(9-15(21)18-16(22)23-4-2)8-14(20)17-11-5-6-12-13(7-11)25-10-24-12/h5-7H,3-4,8-10H2,1-2H3,(H,17,20)(H,18,21,22)/p+1. The van der Waals surface area contributed by atoms with Crippen molar-refractivity contribution in [3.8, 4) is 11.5 Å². The smallest absolute Gasteiger partial charge is 0.414 e. The highest BCUT2D eigenvalue weighted by atomic mass is 16.7. The van der Waals surface area contributed by atoms with Crippen molar-refractivity contribution in [3.63, 3.8) is 0 Å². The van der Waals surface area contributed by atoms with Crippen LogP contribution >= 0.6 is 0 Å². The summed E-state index contributed by atoms with van der Waals surface area (Å²) < 4.78 is 15.1. The lowest BCUT2D eigenvalue weighted by atomic mass is 10.2. The molecule has 1 aromatic rings. The van der Waals surface area contributed by atoms with Gasteiger partial charge in [0, 0.05) is 11.8 Å². The van der Waals surface area contributed by atoms with Gasteiger partial charge in [-0.25, -0.2) is 4.79 Å². The van der Waals surface area contributed by atoms with Crippen LogP contribution in [0.25, 0.3) is 0 Å². The van der Waals surface area contributed by atoms with E-state index in [4.69, 9.17) is 9.47 Å². The first-order valence-corrected chi connectivity index (χ1v) is 8.01. The maximum absolute atomic E-state index is 12.2. The van der Waals surface area contributed by atoms with Crippen molar-refractivity contribution >= 4 is 23.6 Å². The Labute approximate surface area is 145 Å². The molecule has 136 valence electrons. The molecule has 3 amide bonds. The van der Waals surface area contributed by atoms with E-state index in [0.29, 0.717) is 28.6 Å². The van der Waals surface area contributed by atoms with Crippen molar-refractivity contribution < 1.29 is 33.5 Å². The molecule has 9 heteroatoms. The van der Waals surface area contributed by atoms with Crippen LogP contribution < -0.4 is 25.0 Å². The number of hydrogen-bond acceptors (Lipinski definition) is 6. The second-order valence-electron chi connectivity index (χ2n) is 5.34. The van der Waals surface area contributed by atoms with E-state index in [1.165, 1.54) is 0 Å². The fourth-order valence-electron chi connectivity index (χ4n) is 2.27. The number of benzene rings is 1. The molecule has 0 aromatic heterocycles. The van der Waals surface area contributed by atoms with Gasteiger partial charge >= 0.3 is 6.09 Å². The molecular weight excluding hydrogens is 330 g/mol. The molecule has 1 unspecified atom stereocenters. The predicted octanol–water partition coefficient (Wildman–Crippen LogP) is -0.469. The average Bonchev–Trinajstić information content (AvgIpc) is 3.01. The van der Waals surface area contributed by atoms with E-state index in [2.05, 4.69) is 15.4 Å². The first-order valence-electron chi connectivity index (χ1n) is 8.01. The molecule has 1 aliphatic heterocycles. The van der Waals surface area contributed by atoms with Crippen LogP contribution in [0.4, 0.5) is 10.5 Å². The van der Waals surface area contributed by atoms with Gasteiger partial charge in [0.2, 0.25) is 6.79 Å². The van der Waals surface area contributed by atoms with Crippen LogP contribution in [0.5, 0.6) is 11.5 Å². The highest BCUT2D eigenvalue weighted by Crippen LogP contribution is 2.34. The topological polar surface area (TPSA) is 107 Å². The SMILES string of the molecule is CCOC(=O)NC(=O)C[NH+](CC)CC(=O)Nc1ccc2c(c1)OCO2.